The molecule has 1 N–H and O–H groups in total. The van der Waals surface area contributed by atoms with Gasteiger partial charge in [-0.3, -0.25) is 9.59 Å². The molecule has 0 radical (unpaired) electrons. The number of nitriles is 1. The van der Waals surface area contributed by atoms with Crippen LogP contribution in [0.15, 0.2) is 54.6 Å². The quantitative estimate of drug-likeness (QED) is 0.783. The molecule has 6 heteroatoms. The van der Waals surface area contributed by atoms with Crippen molar-refractivity contribution in [3.63, 3.8) is 0 Å². The van der Waals surface area contributed by atoms with Crippen LogP contribution in [0.2, 0.25) is 0 Å². The van der Waals surface area contributed by atoms with Gasteiger partial charge in [0.15, 0.2) is 0 Å². The zero-order chi connectivity index (χ0) is 22.4. The highest BCUT2D eigenvalue weighted by Gasteiger charge is 2.41. The van der Waals surface area contributed by atoms with Crippen molar-refractivity contribution < 1.29 is 14.3 Å². The van der Waals surface area contributed by atoms with Crippen molar-refractivity contribution in [2.45, 2.75) is 44.2 Å². The van der Waals surface area contributed by atoms with Crippen LogP contribution in [0.1, 0.15) is 53.6 Å². The summed E-state index contributed by atoms with van der Waals surface area (Å²) in [5, 5.41) is 12.0. The number of ether oxygens (including phenoxy) is 1. The van der Waals surface area contributed by atoms with Crippen LogP contribution in [0.5, 0.6) is 0 Å². The first kappa shape index (κ1) is 22.0. The molecule has 1 unspecified atom stereocenters. The molecule has 4 rings (SSSR count). The second-order valence-corrected chi connectivity index (χ2v) is 8.84. The molecule has 0 bridgehead atoms. The number of benzene rings is 2. The second kappa shape index (κ2) is 9.97. The summed E-state index contributed by atoms with van der Waals surface area (Å²) in [7, 11) is 0. The van der Waals surface area contributed by atoms with Crippen LogP contribution in [0.4, 0.5) is 0 Å². The molecule has 2 aromatic rings. The van der Waals surface area contributed by atoms with Gasteiger partial charge in [0, 0.05) is 38.2 Å². The van der Waals surface area contributed by atoms with Gasteiger partial charge in [-0.2, -0.15) is 5.26 Å². The lowest BCUT2D eigenvalue weighted by atomic mass is 9.78. The lowest BCUT2D eigenvalue weighted by Gasteiger charge is -2.46. The Bertz CT molecular complexity index is 974. The molecule has 0 aliphatic carbocycles. The number of hydrogen-bond donors (Lipinski definition) is 1. The van der Waals surface area contributed by atoms with E-state index in [1.165, 1.54) is 0 Å². The van der Waals surface area contributed by atoms with Gasteiger partial charge < -0.3 is 15.0 Å². The van der Waals surface area contributed by atoms with Gasteiger partial charge in [0.25, 0.3) is 5.91 Å². The molecule has 2 aromatic carbocycles. The highest BCUT2D eigenvalue weighted by Crippen LogP contribution is 2.39. The SMILES string of the molecule is N#Cc1ccc(C(=O)N2CCC3(CC2)CC(CC(=O)NCc2ccccc2)CCO3)cc1. The molecule has 166 valence electrons. The third kappa shape index (κ3) is 5.35. The Kier molecular flexibility index (Phi) is 6.87. The van der Waals surface area contributed by atoms with Crippen LogP contribution in [-0.2, 0) is 16.1 Å². The van der Waals surface area contributed by atoms with Crippen LogP contribution in [-0.4, -0.2) is 42.0 Å². The molecule has 0 saturated carbocycles. The van der Waals surface area contributed by atoms with E-state index in [0.717, 1.165) is 31.2 Å². The number of carbonyl (C=O) groups is 2. The number of carbonyl (C=O) groups excluding carboxylic acids is 2. The molecule has 2 aliphatic heterocycles. The second-order valence-electron chi connectivity index (χ2n) is 8.84. The molecule has 2 heterocycles. The molecule has 6 nitrogen and oxygen atoms in total. The molecule has 32 heavy (non-hydrogen) atoms. The fraction of sp³-hybridized carbons (Fsp3) is 0.423. The Morgan fingerprint density at radius 2 is 1.81 bits per heavy atom. The molecule has 2 amide bonds. The molecular weight excluding hydrogens is 402 g/mol. The largest absolute Gasteiger partial charge is 0.375 e. The first-order valence-electron chi connectivity index (χ1n) is 11.3. The Labute approximate surface area is 189 Å². The Morgan fingerprint density at radius 3 is 2.50 bits per heavy atom. The van der Waals surface area contributed by atoms with Gasteiger partial charge in [-0.1, -0.05) is 30.3 Å². The summed E-state index contributed by atoms with van der Waals surface area (Å²) in [5.41, 5.74) is 2.03. The summed E-state index contributed by atoms with van der Waals surface area (Å²) in [6.07, 6.45) is 3.86. The summed E-state index contributed by atoms with van der Waals surface area (Å²) in [5.74, 6) is 0.390. The van der Waals surface area contributed by atoms with Crippen LogP contribution in [0.25, 0.3) is 0 Å². The first-order chi connectivity index (χ1) is 15.6. The van der Waals surface area contributed by atoms with Gasteiger partial charge in [0.1, 0.15) is 0 Å². The van der Waals surface area contributed by atoms with Gasteiger partial charge in [-0.25, -0.2) is 0 Å². The van der Waals surface area contributed by atoms with Gasteiger partial charge in [-0.05, 0) is 61.4 Å². The van der Waals surface area contributed by atoms with Crippen LogP contribution in [0.3, 0.4) is 0 Å². The lowest BCUT2D eigenvalue weighted by molar-refractivity contribution is -0.134. The van der Waals surface area contributed by atoms with E-state index >= 15 is 0 Å². The highest BCUT2D eigenvalue weighted by atomic mass is 16.5. The molecule has 2 saturated heterocycles. The molecule has 2 aliphatic rings. The van der Waals surface area contributed by atoms with E-state index in [1.807, 2.05) is 35.2 Å². The van der Waals surface area contributed by atoms with Crippen LogP contribution >= 0.6 is 0 Å². The molecular formula is C26H29N3O3. The normalized spacial score (nSPS) is 19.8. The summed E-state index contributed by atoms with van der Waals surface area (Å²) >= 11 is 0. The van der Waals surface area contributed by atoms with E-state index in [9.17, 15) is 9.59 Å². The number of amides is 2. The number of piperidine rings is 1. The standard InChI is InChI=1S/C26H29N3O3/c27-18-20-6-8-23(9-7-20)25(31)29-13-11-26(12-14-29)17-22(10-15-32-26)16-24(30)28-19-21-4-2-1-3-5-21/h1-9,22H,10-17,19H2,(H,28,30). The Balaban J connectivity index is 1.27. The van der Waals surface area contributed by atoms with E-state index < -0.39 is 0 Å². The third-order valence-electron chi connectivity index (χ3n) is 6.62. The van der Waals surface area contributed by atoms with E-state index in [1.54, 1.807) is 24.3 Å². The van der Waals surface area contributed by atoms with E-state index in [4.69, 9.17) is 10.00 Å². The zero-order valence-electron chi connectivity index (χ0n) is 18.3. The smallest absolute Gasteiger partial charge is 0.253 e. The number of nitrogens with zero attached hydrogens (tertiary/aromatic N) is 2. The average Bonchev–Trinajstić information content (AvgIpc) is 2.84. The van der Waals surface area contributed by atoms with E-state index in [0.29, 0.717) is 49.7 Å². The van der Waals surface area contributed by atoms with Crippen molar-refractivity contribution in [1.29, 1.82) is 5.26 Å². The summed E-state index contributed by atoms with van der Waals surface area (Å²) in [6.45, 7) is 2.51. The number of rotatable bonds is 5. The third-order valence-corrected chi connectivity index (χ3v) is 6.62. The minimum Gasteiger partial charge on any atom is -0.375 e. The maximum atomic E-state index is 12.8. The summed E-state index contributed by atoms with van der Waals surface area (Å²) < 4.78 is 6.21. The van der Waals surface area contributed by atoms with Gasteiger partial charge >= 0.3 is 0 Å². The van der Waals surface area contributed by atoms with Gasteiger partial charge in [0.2, 0.25) is 5.91 Å². The minimum atomic E-state index is -0.232. The lowest BCUT2D eigenvalue weighted by Crippen LogP contribution is -2.51. The van der Waals surface area contributed by atoms with Gasteiger partial charge in [-0.15, -0.1) is 0 Å². The average molecular weight is 432 g/mol. The monoisotopic (exact) mass is 431 g/mol. The van der Waals surface area contributed by atoms with Crippen molar-refractivity contribution in [1.82, 2.24) is 10.2 Å². The predicted octanol–water partition coefficient (Wildman–Crippen LogP) is 3.67. The van der Waals surface area contributed by atoms with Crippen molar-refractivity contribution in [3.05, 3.63) is 71.3 Å². The first-order valence-corrected chi connectivity index (χ1v) is 11.3. The Morgan fingerprint density at radius 1 is 1.09 bits per heavy atom. The van der Waals surface area contributed by atoms with Crippen molar-refractivity contribution >= 4 is 11.8 Å². The van der Waals surface area contributed by atoms with E-state index in [-0.39, 0.29) is 17.4 Å². The molecule has 1 spiro atoms. The van der Waals surface area contributed by atoms with Gasteiger partial charge in [0.05, 0.1) is 17.2 Å². The summed E-state index contributed by atoms with van der Waals surface area (Å²) in [6, 6.07) is 18.8. The minimum absolute atomic E-state index is 0.00279. The predicted molar refractivity (Wildman–Crippen MR) is 121 cm³/mol. The summed E-state index contributed by atoms with van der Waals surface area (Å²) in [4.78, 5) is 27.2. The number of nitrogens with one attached hydrogen (secondary N) is 1. The topological polar surface area (TPSA) is 82.4 Å². The van der Waals surface area contributed by atoms with Crippen molar-refractivity contribution in [3.8, 4) is 6.07 Å². The van der Waals surface area contributed by atoms with Crippen molar-refractivity contribution in [2.24, 2.45) is 5.92 Å². The van der Waals surface area contributed by atoms with Crippen molar-refractivity contribution in [2.75, 3.05) is 19.7 Å². The fourth-order valence-electron chi connectivity index (χ4n) is 4.77. The number of likely N-dealkylation sites (tertiary alicyclic amines) is 1. The highest BCUT2D eigenvalue weighted by molar-refractivity contribution is 5.94. The number of hydrogen-bond acceptors (Lipinski definition) is 4. The molecule has 1 atom stereocenters. The maximum absolute atomic E-state index is 12.8. The van der Waals surface area contributed by atoms with E-state index in [2.05, 4.69) is 11.4 Å². The molecule has 0 aromatic heterocycles. The zero-order valence-corrected chi connectivity index (χ0v) is 18.3. The fourth-order valence-corrected chi connectivity index (χ4v) is 4.77. The van der Waals surface area contributed by atoms with Crippen LogP contribution in [0, 0.1) is 17.2 Å². The Hall–Kier alpha value is -3.17. The maximum Gasteiger partial charge on any atom is 0.253 e. The molecule has 2 fully saturated rings. The van der Waals surface area contributed by atoms with Crippen LogP contribution < -0.4 is 5.32 Å².